The van der Waals surface area contributed by atoms with Gasteiger partial charge in [0.25, 0.3) is 0 Å². The molecule has 0 bridgehead atoms. The first kappa shape index (κ1) is 34.6. The van der Waals surface area contributed by atoms with E-state index in [0.717, 1.165) is 6.42 Å². The quantitative estimate of drug-likeness (QED) is 0.199. The number of rotatable bonds is 4. The Balaban J connectivity index is 0.00000221. The van der Waals surface area contributed by atoms with Crippen LogP contribution in [0.15, 0.2) is 106 Å². The maximum Gasteiger partial charge on any atom is -0.147 e. The first-order valence-corrected chi connectivity index (χ1v) is 19.3. The molecule has 0 amide bonds. The summed E-state index contributed by atoms with van der Waals surface area (Å²) >= 11 is -2.66. The Morgan fingerprint density at radius 2 is 1.05 bits per heavy atom. The fraction of sp³-hybridized carbons (Fsp3) is 0.293. The summed E-state index contributed by atoms with van der Waals surface area (Å²) in [6.07, 6.45) is 8.24. The van der Waals surface area contributed by atoms with Crippen molar-refractivity contribution in [2.75, 3.05) is 0 Å². The molecule has 0 nitrogen and oxygen atoms in total. The number of hydrogen-bond donors (Lipinski definition) is 0. The molecule has 0 saturated heterocycles. The summed E-state index contributed by atoms with van der Waals surface area (Å²) in [6.45, 7) is 18.4. The summed E-state index contributed by atoms with van der Waals surface area (Å²) in [5.74, 6) is 0. The summed E-state index contributed by atoms with van der Waals surface area (Å²) in [6, 6.07) is 33.6. The fourth-order valence-corrected chi connectivity index (χ4v) is 15.6. The topological polar surface area (TPSA) is 0 Å². The smallest absolute Gasteiger partial charge is 0.147 e. The zero-order valence-corrected chi connectivity index (χ0v) is 31.5. The van der Waals surface area contributed by atoms with Crippen LogP contribution < -0.4 is 0 Å². The Labute approximate surface area is 285 Å². The minimum atomic E-state index is -2.66. The minimum absolute atomic E-state index is 0. The maximum atomic E-state index is 2.53. The van der Waals surface area contributed by atoms with Gasteiger partial charge in [-0.1, -0.05) is 0 Å². The van der Waals surface area contributed by atoms with E-state index in [0.29, 0.717) is 3.63 Å². The molecule has 2 aliphatic rings. The van der Waals surface area contributed by atoms with Gasteiger partial charge in [0.1, 0.15) is 0 Å². The van der Waals surface area contributed by atoms with Gasteiger partial charge < -0.3 is 0 Å². The number of halogens is 2. The van der Waals surface area contributed by atoms with Gasteiger partial charge in [-0.2, -0.15) is 0 Å². The van der Waals surface area contributed by atoms with Gasteiger partial charge in [0.05, 0.1) is 0 Å². The first-order valence-electron chi connectivity index (χ1n) is 15.5. The van der Waals surface area contributed by atoms with Gasteiger partial charge in [0.15, 0.2) is 0 Å². The fourth-order valence-electron chi connectivity index (χ4n) is 6.55. The summed E-state index contributed by atoms with van der Waals surface area (Å²) in [4.78, 5) is 0. The van der Waals surface area contributed by atoms with Gasteiger partial charge in [-0.15, -0.1) is 24.8 Å². The Morgan fingerprint density at radius 3 is 1.41 bits per heavy atom. The molecule has 4 aromatic carbocycles. The van der Waals surface area contributed by atoms with Crippen molar-refractivity contribution in [2.45, 2.75) is 76.3 Å². The average Bonchev–Trinajstić information content (AvgIpc) is 3.58. The molecule has 0 aromatic heterocycles. The average molecular weight is 701 g/mol. The normalized spacial score (nSPS) is 13.9. The van der Waals surface area contributed by atoms with E-state index in [1.807, 2.05) is 0 Å². The van der Waals surface area contributed by atoms with Crippen molar-refractivity contribution in [3.63, 3.8) is 0 Å². The third-order valence-corrected chi connectivity index (χ3v) is 17.4. The standard InChI is InChI=1S/C21H25.C15H14.C5H5.2ClH.Zr/c1-20(2,3)16-9-7-14-11-15-8-10-17(21(4,5)6)13-19(15)18(14)12-16;1-12-3-7-14(8-4-12)11-15-9-5-13(2)6-10-15;1-2-4-5-3-1;;;/h7-13H,1-6H3;3-10H,1-2H3;1-3H,4H2;2*1H;. The number of hydrogen-bond acceptors (Lipinski definition) is 0. The van der Waals surface area contributed by atoms with Crippen molar-refractivity contribution < 1.29 is 21.3 Å². The molecule has 44 heavy (non-hydrogen) atoms. The van der Waals surface area contributed by atoms with Gasteiger partial charge >= 0.3 is 263 Å². The maximum absolute atomic E-state index is 2.66. The number of benzene rings is 4. The van der Waals surface area contributed by atoms with E-state index < -0.39 is 21.3 Å². The number of aryl methyl sites for hydroxylation is 2. The van der Waals surface area contributed by atoms with Crippen LogP contribution in [0.2, 0.25) is 0 Å². The SMILES string of the molecule is Cc1ccc([C](c2ccc(C)cc2)=[Zr]([C]2=CC=CC2)[CH]2c3ccc(C(C)(C)C)cc3-c3cc(C(C)(C)C)ccc32)cc1.Cl.Cl. The van der Waals surface area contributed by atoms with Crippen LogP contribution in [0.5, 0.6) is 0 Å². The van der Waals surface area contributed by atoms with Crippen molar-refractivity contribution in [3.05, 3.63) is 151 Å². The summed E-state index contributed by atoms with van der Waals surface area (Å²) < 4.78 is 3.75. The zero-order chi connectivity index (χ0) is 29.8. The molecule has 0 radical (unpaired) electrons. The second-order valence-electron chi connectivity index (χ2n) is 14.4. The van der Waals surface area contributed by atoms with E-state index in [2.05, 4.69) is 159 Å². The molecule has 0 saturated carbocycles. The summed E-state index contributed by atoms with van der Waals surface area (Å²) in [7, 11) is 0. The van der Waals surface area contributed by atoms with Gasteiger partial charge in [0.2, 0.25) is 0 Å². The minimum Gasteiger partial charge on any atom is -0.147 e. The Bertz CT molecular complexity index is 1640. The van der Waals surface area contributed by atoms with E-state index in [9.17, 15) is 0 Å². The first-order chi connectivity index (χ1) is 19.9. The largest absolute Gasteiger partial charge is 0.147 e. The molecule has 3 heteroatoms. The van der Waals surface area contributed by atoms with Crippen molar-refractivity contribution in [1.29, 1.82) is 0 Å². The van der Waals surface area contributed by atoms with Crippen LogP contribution in [-0.4, -0.2) is 3.21 Å². The van der Waals surface area contributed by atoms with Crippen LogP contribution in [0.3, 0.4) is 0 Å². The van der Waals surface area contributed by atoms with Crippen LogP contribution in [-0.2, 0) is 32.1 Å². The predicted molar refractivity (Wildman–Crippen MR) is 193 cm³/mol. The second kappa shape index (κ2) is 13.2. The van der Waals surface area contributed by atoms with Crippen molar-refractivity contribution in [2.24, 2.45) is 0 Å². The van der Waals surface area contributed by atoms with E-state index >= 15 is 0 Å². The van der Waals surface area contributed by atoms with Gasteiger partial charge in [0, 0.05) is 0 Å². The van der Waals surface area contributed by atoms with E-state index in [1.54, 1.807) is 17.6 Å². The van der Waals surface area contributed by atoms with Gasteiger partial charge in [-0.25, -0.2) is 0 Å². The molecule has 0 unspecified atom stereocenters. The molecule has 0 heterocycles. The number of fused-ring (bicyclic) bond motifs is 3. The Kier molecular flexibility index (Phi) is 10.4. The second-order valence-corrected chi connectivity index (χ2v) is 20.6. The van der Waals surface area contributed by atoms with Gasteiger partial charge in [-0.3, -0.25) is 0 Å². The molecule has 0 atom stereocenters. The van der Waals surface area contributed by atoms with Crippen LogP contribution in [0, 0.1) is 13.8 Å². The Hall–Kier alpha value is -2.31. The van der Waals surface area contributed by atoms with Crippen molar-refractivity contribution in [1.82, 2.24) is 0 Å². The number of allylic oxidation sites excluding steroid dienone is 4. The van der Waals surface area contributed by atoms with Crippen LogP contribution in [0.4, 0.5) is 0 Å². The molecule has 0 fully saturated rings. The molecule has 6 rings (SSSR count). The molecule has 0 N–H and O–H groups in total. The molecule has 4 aromatic rings. The third kappa shape index (κ3) is 6.63. The van der Waals surface area contributed by atoms with Crippen molar-refractivity contribution in [3.8, 4) is 11.1 Å². The molecule has 0 spiro atoms. The van der Waals surface area contributed by atoms with E-state index in [1.165, 1.54) is 44.5 Å². The molecule has 2 aliphatic carbocycles. The van der Waals surface area contributed by atoms with E-state index in [4.69, 9.17) is 0 Å². The van der Waals surface area contributed by atoms with Gasteiger partial charge in [-0.05, 0) is 0 Å². The summed E-state index contributed by atoms with van der Waals surface area (Å²) in [5, 5.41) is 0. The van der Waals surface area contributed by atoms with E-state index in [-0.39, 0.29) is 35.6 Å². The van der Waals surface area contributed by atoms with Crippen LogP contribution in [0.1, 0.15) is 96.1 Å². The molecule has 0 aliphatic heterocycles. The predicted octanol–water partition coefficient (Wildman–Crippen LogP) is 11.5. The molecular formula is C41H46Cl2Zr. The third-order valence-electron chi connectivity index (χ3n) is 9.11. The summed E-state index contributed by atoms with van der Waals surface area (Å²) in [5.41, 5.74) is 14.5. The zero-order valence-electron chi connectivity index (χ0n) is 27.4. The molecular weight excluding hydrogens is 655 g/mol. The van der Waals surface area contributed by atoms with Crippen molar-refractivity contribution >= 4 is 28.0 Å². The monoisotopic (exact) mass is 698 g/mol. The molecule has 228 valence electrons. The Morgan fingerprint density at radius 1 is 0.614 bits per heavy atom. The van der Waals surface area contributed by atoms with Crippen LogP contribution in [0.25, 0.3) is 11.1 Å². The van der Waals surface area contributed by atoms with Crippen LogP contribution >= 0.6 is 24.8 Å².